The highest BCUT2D eigenvalue weighted by molar-refractivity contribution is 5.69. The summed E-state index contributed by atoms with van der Waals surface area (Å²) in [5, 5.41) is 9.66. The first-order valence-electron chi connectivity index (χ1n) is 9.27. The number of phenolic OH excluding ortho intramolecular Hbond substituents is 1. The third-order valence-electron chi connectivity index (χ3n) is 4.84. The second-order valence-electron chi connectivity index (χ2n) is 6.86. The number of benzene rings is 4. The van der Waals surface area contributed by atoms with Gasteiger partial charge in [-0.25, -0.2) is 0 Å². The van der Waals surface area contributed by atoms with Gasteiger partial charge in [0.2, 0.25) is 0 Å². The Morgan fingerprint density at radius 2 is 1.11 bits per heavy atom. The van der Waals surface area contributed by atoms with E-state index in [0.717, 1.165) is 18.4 Å². The Morgan fingerprint density at radius 1 is 0.519 bits per heavy atom. The van der Waals surface area contributed by atoms with Gasteiger partial charge in [-0.1, -0.05) is 91.0 Å². The third-order valence-corrected chi connectivity index (χ3v) is 4.84. The van der Waals surface area contributed by atoms with E-state index in [4.69, 9.17) is 0 Å². The normalized spacial score (nSPS) is 10.7. The molecule has 132 valence electrons. The molecule has 4 aromatic carbocycles. The Morgan fingerprint density at radius 3 is 1.74 bits per heavy atom. The van der Waals surface area contributed by atoms with Crippen LogP contribution in [-0.4, -0.2) is 5.11 Å². The minimum absolute atomic E-state index is 0.295. The lowest BCUT2D eigenvalue weighted by atomic mass is 9.91. The van der Waals surface area contributed by atoms with Gasteiger partial charge in [-0.3, -0.25) is 0 Å². The predicted molar refractivity (Wildman–Crippen MR) is 112 cm³/mol. The molecule has 27 heavy (non-hydrogen) atoms. The molecule has 0 heterocycles. The van der Waals surface area contributed by atoms with E-state index in [1.807, 2.05) is 24.3 Å². The van der Waals surface area contributed by atoms with Crippen molar-refractivity contribution in [3.63, 3.8) is 0 Å². The van der Waals surface area contributed by atoms with Crippen molar-refractivity contribution in [2.75, 3.05) is 0 Å². The summed E-state index contributed by atoms with van der Waals surface area (Å²) in [6, 6.07) is 35.3. The molecular weight excluding hydrogens is 328 g/mol. The van der Waals surface area contributed by atoms with Gasteiger partial charge in [0, 0.05) is 0 Å². The first-order valence-corrected chi connectivity index (χ1v) is 9.27. The molecule has 1 N–H and O–H groups in total. The molecule has 4 aromatic rings. The fourth-order valence-electron chi connectivity index (χ4n) is 3.44. The topological polar surface area (TPSA) is 20.2 Å². The summed E-state index contributed by atoms with van der Waals surface area (Å²) in [6.07, 6.45) is 1.81. The molecule has 0 amide bonds. The van der Waals surface area contributed by atoms with E-state index in [9.17, 15) is 5.11 Å². The Labute approximate surface area is 160 Å². The standard InChI is InChI=1S/C26H22O/c27-25-15-13-23(14-16-25)26-19-22(17-20-7-3-1-4-8-20)11-12-24(26)18-21-9-5-2-6-10-21/h1-16,19,27H,17-18H2. The maximum atomic E-state index is 9.66. The quantitative estimate of drug-likeness (QED) is 0.451. The molecule has 0 saturated heterocycles. The fourth-order valence-corrected chi connectivity index (χ4v) is 3.44. The first kappa shape index (κ1) is 17.1. The molecule has 0 fully saturated rings. The van der Waals surface area contributed by atoms with Gasteiger partial charge in [0.1, 0.15) is 5.75 Å². The van der Waals surface area contributed by atoms with E-state index >= 15 is 0 Å². The van der Waals surface area contributed by atoms with Crippen LogP contribution in [0.3, 0.4) is 0 Å². The Hall–Kier alpha value is -3.32. The Balaban J connectivity index is 1.72. The summed E-state index contributed by atoms with van der Waals surface area (Å²) < 4.78 is 0. The smallest absolute Gasteiger partial charge is 0.115 e. The molecule has 0 spiro atoms. The van der Waals surface area contributed by atoms with Crippen molar-refractivity contribution >= 4 is 0 Å². The molecule has 0 atom stereocenters. The number of rotatable bonds is 5. The summed E-state index contributed by atoms with van der Waals surface area (Å²) in [4.78, 5) is 0. The summed E-state index contributed by atoms with van der Waals surface area (Å²) >= 11 is 0. The molecule has 0 radical (unpaired) electrons. The van der Waals surface area contributed by atoms with Gasteiger partial charge in [-0.05, 0) is 58.4 Å². The largest absolute Gasteiger partial charge is 0.508 e. The SMILES string of the molecule is Oc1ccc(-c2cc(Cc3ccccc3)ccc2Cc2ccccc2)cc1. The highest BCUT2D eigenvalue weighted by Crippen LogP contribution is 2.29. The van der Waals surface area contributed by atoms with Crippen molar-refractivity contribution in [2.24, 2.45) is 0 Å². The lowest BCUT2D eigenvalue weighted by Crippen LogP contribution is -1.96. The van der Waals surface area contributed by atoms with Gasteiger partial charge in [0.15, 0.2) is 0 Å². The van der Waals surface area contributed by atoms with Crippen LogP contribution in [0.4, 0.5) is 0 Å². The lowest BCUT2D eigenvalue weighted by molar-refractivity contribution is 0.475. The summed E-state index contributed by atoms with van der Waals surface area (Å²) in [5.41, 5.74) is 7.56. The van der Waals surface area contributed by atoms with Gasteiger partial charge in [0.05, 0.1) is 0 Å². The molecule has 0 aliphatic rings. The minimum Gasteiger partial charge on any atom is -0.508 e. The van der Waals surface area contributed by atoms with Crippen molar-refractivity contribution in [1.29, 1.82) is 0 Å². The van der Waals surface area contributed by atoms with E-state index in [1.54, 1.807) is 12.1 Å². The molecule has 1 nitrogen and oxygen atoms in total. The number of hydrogen-bond donors (Lipinski definition) is 1. The molecule has 1 heteroatoms. The number of hydrogen-bond acceptors (Lipinski definition) is 1. The average Bonchev–Trinajstić information content (AvgIpc) is 2.71. The predicted octanol–water partition coefficient (Wildman–Crippen LogP) is 6.24. The monoisotopic (exact) mass is 350 g/mol. The van der Waals surface area contributed by atoms with Crippen molar-refractivity contribution in [3.8, 4) is 16.9 Å². The van der Waals surface area contributed by atoms with Crippen LogP contribution in [0, 0.1) is 0 Å². The van der Waals surface area contributed by atoms with E-state index in [0.29, 0.717) is 5.75 Å². The molecule has 0 bridgehead atoms. The zero-order valence-electron chi connectivity index (χ0n) is 15.2. The van der Waals surface area contributed by atoms with Crippen LogP contribution < -0.4 is 0 Å². The van der Waals surface area contributed by atoms with Crippen LogP contribution in [0.25, 0.3) is 11.1 Å². The fraction of sp³-hybridized carbons (Fsp3) is 0.0769. The molecule has 0 saturated carbocycles. The second-order valence-corrected chi connectivity index (χ2v) is 6.86. The van der Waals surface area contributed by atoms with Gasteiger partial charge in [-0.15, -0.1) is 0 Å². The van der Waals surface area contributed by atoms with Crippen molar-refractivity contribution in [1.82, 2.24) is 0 Å². The minimum atomic E-state index is 0.295. The highest BCUT2D eigenvalue weighted by Gasteiger charge is 2.09. The van der Waals surface area contributed by atoms with Gasteiger partial charge in [0.25, 0.3) is 0 Å². The zero-order chi connectivity index (χ0) is 18.5. The van der Waals surface area contributed by atoms with Crippen molar-refractivity contribution in [2.45, 2.75) is 12.8 Å². The summed E-state index contributed by atoms with van der Waals surface area (Å²) in [7, 11) is 0. The maximum Gasteiger partial charge on any atom is 0.115 e. The van der Waals surface area contributed by atoms with Crippen LogP contribution in [-0.2, 0) is 12.8 Å². The van der Waals surface area contributed by atoms with Crippen LogP contribution >= 0.6 is 0 Å². The molecule has 0 aromatic heterocycles. The van der Waals surface area contributed by atoms with Crippen molar-refractivity contribution in [3.05, 3.63) is 125 Å². The maximum absolute atomic E-state index is 9.66. The molecule has 0 unspecified atom stereocenters. The lowest BCUT2D eigenvalue weighted by Gasteiger charge is -2.13. The van der Waals surface area contributed by atoms with E-state index in [1.165, 1.54) is 27.8 Å². The summed E-state index contributed by atoms with van der Waals surface area (Å²) in [5.74, 6) is 0.295. The van der Waals surface area contributed by atoms with E-state index in [-0.39, 0.29) is 0 Å². The van der Waals surface area contributed by atoms with Crippen molar-refractivity contribution < 1.29 is 5.11 Å². The molecular formula is C26H22O. The van der Waals surface area contributed by atoms with Crippen LogP contribution in [0.5, 0.6) is 5.75 Å². The molecule has 0 aliphatic heterocycles. The van der Waals surface area contributed by atoms with E-state index < -0.39 is 0 Å². The van der Waals surface area contributed by atoms with E-state index in [2.05, 4.69) is 66.7 Å². The summed E-state index contributed by atoms with van der Waals surface area (Å²) in [6.45, 7) is 0. The van der Waals surface area contributed by atoms with Crippen LogP contribution in [0.15, 0.2) is 103 Å². The molecule has 0 aliphatic carbocycles. The van der Waals surface area contributed by atoms with Crippen LogP contribution in [0.1, 0.15) is 22.3 Å². The van der Waals surface area contributed by atoms with Gasteiger partial charge < -0.3 is 5.11 Å². The Kier molecular flexibility index (Phi) is 5.02. The van der Waals surface area contributed by atoms with Gasteiger partial charge >= 0.3 is 0 Å². The highest BCUT2D eigenvalue weighted by atomic mass is 16.3. The van der Waals surface area contributed by atoms with Gasteiger partial charge in [-0.2, -0.15) is 0 Å². The first-order chi connectivity index (χ1) is 13.3. The second kappa shape index (κ2) is 7.92. The third kappa shape index (κ3) is 4.27. The number of phenols is 1. The molecule has 4 rings (SSSR count). The van der Waals surface area contributed by atoms with Crippen LogP contribution in [0.2, 0.25) is 0 Å². The zero-order valence-corrected chi connectivity index (χ0v) is 15.2. The average molecular weight is 350 g/mol. The number of aromatic hydroxyl groups is 1. The Bertz CT molecular complexity index is 1000.